The van der Waals surface area contributed by atoms with Crippen LogP contribution in [0.15, 0.2) is 134 Å². The van der Waals surface area contributed by atoms with Crippen LogP contribution in [0, 0.1) is 0 Å². The summed E-state index contributed by atoms with van der Waals surface area (Å²) in [6, 6.07) is -0.924. The number of phosphoric acid groups is 1. The molecule has 0 heterocycles. The van der Waals surface area contributed by atoms with Crippen LogP contribution in [0.2, 0.25) is 0 Å². The van der Waals surface area contributed by atoms with Crippen LogP contribution in [-0.2, 0) is 18.4 Å². The molecule has 2 N–H and O–H groups in total. The highest BCUT2D eigenvalue weighted by molar-refractivity contribution is 7.45. The molecule has 0 radical (unpaired) electrons. The fourth-order valence-electron chi connectivity index (χ4n) is 10.4. The molecule has 8 nitrogen and oxygen atoms in total. The number of quaternary nitrogens is 1. The minimum atomic E-state index is -4.63. The van der Waals surface area contributed by atoms with Crippen molar-refractivity contribution in [1.82, 2.24) is 5.32 Å². The van der Waals surface area contributed by atoms with Crippen molar-refractivity contribution in [3.8, 4) is 0 Å². The summed E-state index contributed by atoms with van der Waals surface area (Å²) in [4.78, 5) is 25.7. The first-order chi connectivity index (χ1) is 43.5. The molecule has 3 atom stereocenters. The Morgan fingerprint density at radius 2 is 0.697 bits per heavy atom. The Hall–Kier alpha value is -3.36. The summed E-state index contributed by atoms with van der Waals surface area (Å²) in [5.41, 5.74) is 0. The molecular weight excluding hydrogens is 1120 g/mol. The van der Waals surface area contributed by atoms with E-state index in [0.717, 1.165) is 109 Å². The molecule has 0 aromatic carbocycles. The normalized spacial score (nSPS) is 14.4. The van der Waals surface area contributed by atoms with Crippen LogP contribution in [0.4, 0.5) is 0 Å². The average molecular weight is 1260 g/mol. The van der Waals surface area contributed by atoms with Gasteiger partial charge in [-0.2, -0.15) is 0 Å². The third-order valence-corrected chi connectivity index (χ3v) is 17.0. The Morgan fingerprint density at radius 3 is 1.04 bits per heavy atom. The van der Waals surface area contributed by atoms with E-state index in [0.29, 0.717) is 17.4 Å². The number of aliphatic hydroxyl groups is 1. The molecular formula is C80H141N2O6P. The van der Waals surface area contributed by atoms with Crippen LogP contribution in [-0.4, -0.2) is 68.5 Å². The van der Waals surface area contributed by atoms with Gasteiger partial charge in [-0.1, -0.05) is 334 Å². The standard InChI is InChI=1S/C80H141N2O6P/c1-6-8-10-12-14-16-18-20-22-24-26-28-30-32-34-36-38-40-41-42-44-46-48-50-52-54-56-58-60-62-64-66-68-70-72-74-80(84)81-78(77-88-89(85,86)87-76-75-82(3,4)5)79(83)73-71-69-67-65-63-61-59-57-55-53-51-49-47-45-43-39-37-35-33-31-29-27-25-23-21-19-17-15-13-11-9-7-2/h8,10,14,16,20,22,26,28,32,34,38,40,42,44,48,50,55,57,63,65,71,73,78-79,83H,6-7,9,11-13,15,17-19,21,23-25,27,29-31,33,35-37,39,41,43,45-47,49,51-54,56,58-62,64,66-70,72,74-77H2,1-5H3,(H-,81,84,85,86)/b10-8-,16-14-,22-20-,28-26-,34-32-,40-38-,44-42-,50-48-,57-55+,65-63+,73-71+. The fourth-order valence-corrected chi connectivity index (χ4v) is 11.1. The van der Waals surface area contributed by atoms with E-state index in [4.69, 9.17) is 9.05 Å². The summed E-state index contributed by atoms with van der Waals surface area (Å²) in [5.74, 6) is -0.219. The molecule has 0 rings (SSSR count). The van der Waals surface area contributed by atoms with E-state index in [1.54, 1.807) is 6.08 Å². The second kappa shape index (κ2) is 69.0. The number of amides is 1. The first-order valence-corrected chi connectivity index (χ1v) is 38.5. The second-order valence-electron chi connectivity index (χ2n) is 25.9. The van der Waals surface area contributed by atoms with Gasteiger partial charge in [0.15, 0.2) is 0 Å². The summed E-state index contributed by atoms with van der Waals surface area (Å²) < 4.78 is 23.4. The SMILES string of the molecule is CC/C=C\C/C=C\C/C=C\C/C=C\C/C=C\C/C=C\C/C=C\C/C=C\CCCCCCCCCCCCC(=O)NC(COP(=O)([O-])OCC[N+](C)(C)C)C(O)/C=C/CC/C=C/CC/C=C/CCCCCCCCCCCCCCCCCCCCCCCC. The maximum Gasteiger partial charge on any atom is 0.268 e. The van der Waals surface area contributed by atoms with E-state index in [9.17, 15) is 19.4 Å². The number of carbonyl (C=O) groups is 1. The number of allylic oxidation sites excluding steroid dienone is 21. The van der Waals surface area contributed by atoms with Crippen molar-refractivity contribution in [3.05, 3.63) is 134 Å². The van der Waals surface area contributed by atoms with Gasteiger partial charge in [-0.05, 0) is 109 Å². The first-order valence-electron chi connectivity index (χ1n) is 37.0. The molecule has 89 heavy (non-hydrogen) atoms. The second-order valence-corrected chi connectivity index (χ2v) is 27.3. The lowest BCUT2D eigenvalue weighted by atomic mass is 10.0. The van der Waals surface area contributed by atoms with Crippen LogP contribution in [0.25, 0.3) is 0 Å². The lowest BCUT2D eigenvalue weighted by Crippen LogP contribution is -2.45. The molecule has 0 bridgehead atoms. The molecule has 0 fully saturated rings. The molecule has 9 heteroatoms. The van der Waals surface area contributed by atoms with Crippen LogP contribution in [0.1, 0.15) is 316 Å². The Morgan fingerprint density at radius 1 is 0.404 bits per heavy atom. The number of phosphoric ester groups is 1. The van der Waals surface area contributed by atoms with E-state index >= 15 is 0 Å². The average Bonchev–Trinajstić information content (AvgIpc) is 3.64. The number of aliphatic hydroxyl groups excluding tert-OH is 1. The number of hydrogen-bond acceptors (Lipinski definition) is 6. The van der Waals surface area contributed by atoms with E-state index in [-0.39, 0.29) is 12.5 Å². The van der Waals surface area contributed by atoms with Gasteiger partial charge in [0.25, 0.3) is 7.82 Å². The lowest BCUT2D eigenvalue weighted by molar-refractivity contribution is -0.870. The van der Waals surface area contributed by atoms with Gasteiger partial charge in [0, 0.05) is 6.42 Å². The highest BCUT2D eigenvalue weighted by Crippen LogP contribution is 2.38. The van der Waals surface area contributed by atoms with Gasteiger partial charge in [0.1, 0.15) is 13.2 Å². The van der Waals surface area contributed by atoms with E-state index in [1.165, 1.54) is 186 Å². The minimum absolute atomic E-state index is 0.0160. The number of rotatable bonds is 67. The lowest BCUT2D eigenvalue weighted by Gasteiger charge is -2.29. The van der Waals surface area contributed by atoms with E-state index < -0.39 is 26.6 Å². The highest BCUT2D eigenvalue weighted by atomic mass is 31.2. The van der Waals surface area contributed by atoms with Crippen molar-refractivity contribution in [1.29, 1.82) is 0 Å². The summed E-state index contributed by atoms with van der Waals surface area (Å²) >= 11 is 0. The van der Waals surface area contributed by atoms with Crippen molar-refractivity contribution < 1.29 is 32.9 Å². The summed E-state index contributed by atoms with van der Waals surface area (Å²) in [6.07, 6.45) is 104. The van der Waals surface area contributed by atoms with Crippen molar-refractivity contribution >= 4 is 13.7 Å². The quantitative estimate of drug-likeness (QED) is 0.0272. The molecule has 0 aliphatic heterocycles. The minimum Gasteiger partial charge on any atom is -0.756 e. The van der Waals surface area contributed by atoms with Crippen molar-refractivity contribution in [2.45, 2.75) is 328 Å². The van der Waals surface area contributed by atoms with Gasteiger partial charge < -0.3 is 28.8 Å². The topological polar surface area (TPSA) is 108 Å². The van der Waals surface area contributed by atoms with Crippen LogP contribution < -0.4 is 10.2 Å². The molecule has 3 unspecified atom stereocenters. The Balaban J connectivity index is 4.16. The van der Waals surface area contributed by atoms with Gasteiger partial charge in [-0.25, -0.2) is 0 Å². The first kappa shape index (κ1) is 85.6. The van der Waals surface area contributed by atoms with Gasteiger partial charge >= 0.3 is 0 Å². The number of nitrogens with one attached hydrogen (secondary N) is 1. The van der Waals surface area contributed by atoms with Gasteiger partial charge in [-0.15, -0.1) is 0 Å². The molecule has 512 valence electrons. The third-order valence-electron chi connectivity index (χ3n) is 16.1. The predicted molar refractivity (Wildman–Crippen MR) is 389 cm³/mol. The molecule has 0 aliphatic rings. The number of carbonyl (C=O) groups excluding carboxylic acids is 1. The van der Waals surface area contributed by atoms with Gasteiger partial charge in [0.2, 0.25) is 5.91 Å². The summed E-state index contributed by atoms with van der Waals surface area (Å²) in [6.45, 7) is 4.52. The van der Waals surface area contributed by atoms with Crippen LogP contribution >= 0.6 is 7.82 Å². The molecule has 0 saturated carbocycles. The van der Waals surface area contributed by atoms with E-state index in [2.05, 4.69) is 141 Å². The van der Waals surface area contributed by atoms with Crippen molar-refractivity contribution in [2.24, 2.45) is 0 Å². The van der Waals surface area contributed by atoms with Crippen molar-refractivity contribution in [2.75, 3.05) is 40.9 Å². The summed E-state index contributed by atoms with van der Waals surface area (Å²) in [5, 5.41) is 13.9. The predicted octanol–water partition coefficient (Wildman–Crippen LogP) is 23.5. The Labute approximate surface area is 551 Å². The van der Waals surface area contributed by atoms with Crippen LogP contribution in [0.3, 0.4) is 0 Å². The highest BCUT2D eigenvalue weighted by Gasteiger charge is 2.23. The molecule has 1 amide bonds. The molecule has 0 aliphatic carbocycles. The summed E-state index contributed by atoms with van der Waals surface area (Å²) in [7, 11) is 1.22. The monoisotopic (exact) mass is 1260 g/mol. The van der Waals surface area contributed by atoms with Gasteiger partial charge in [-0.3, -0.25) is 9.36 Å². The third kappa shape index (κ3) is 71.9. The largest absolute Gasteiger partial charge is 0.756 e. The number of unbranched alkanes of at least 4 members (excludes halogenated alkanes) is 34. The number of nitrogens with zero attached hydrogens (tertiary/aromatic N) is 1. The van der Waals surface area contributed by atoms with Gasteiger partial charge in [0.05, 0.1) is 39.9 Å². The number of hydrogen-bond donors (Lipinski definition) is 2. The molecule has 0 aromatic rings. The molecule has 0 aromatic heterocycles. The zero-order chi connectivity index (χ0) is 64.8. The Bertz CT molecular complexity index is 1920. The molecule has 0 saturated heterocycles. The smallest absolute Gasteiger partial charge is 0.268 e. The Kier molecular flexibility index (Phi) is 66.4. The fraction of sp³-hybridized carbons (Fsp3) is 0.713. The maximum atomic E-state index is 13.1. The maximum absolute atomic E-state index is 13.1. The van der Waals surface area contributed by atoms with Crippen molar-refractivity contribution in [3.63, 3.8) is 0 Å². The zero-order valence-electron chi connectivity index (χ0n) is 58.6. The molecule has 0 spiro atoms. The number of likely N-dealkylation sites (N-methyl/N-ethyl adjacent to an activating group) is 1. The van der Waals surface area contributed by atoms with Crippen LogP contribution in [0.5, 0.6) is 0 Å². The van der Waals surface area contributed by atoms with E-state index in [1.807, 2.05) is 27.2 Å². The zero-order valence-corrected chi connectivity index (χ0v) is 59.5.